The van der Waals surface area contributed by atoms with Crippen LogP contribution in [0.4, 0.5) is 5.69 Å². The first-order valence-corrected chi connectivity index (χ1v) is 5.78. The zero-order valence-electron chi connectivity index (χ0n) is 10.0. The summed E-state index contributed by atoms with van der Waals surface area (Å²) >= 11 is 0. The van der Waals surface area contributed by atoms with E-state index in [2.05, 4.69) is 10.3 Å². The summed E-state index contributed by atoms with van der Waals surface area (Å²) in [6.07, 6.45) is 3.07. The summed E-state index contributed by atoms with van der Waals surface area (Å²) in [5.41, 5.74) is -2.09. The number of aromatic amines is 1. The van der Waals surface area contributed by atoms with Gasteiger partial charge in [0.05, 0.1) is 23.3 Å². The first-order valence-electron chi connectivity index (χ1n) is 5.78. The Morgan fingerprint density at radius 2 is 2.26 bits per heavy atom. The maximum atomic E-state index is 11.9. The van der Waals surface area contributed by atoms with Crippen molar-refractivity contribution in [1.29, 1.82) is 0 Å². The predicted molar refractivity (Wildman–Crippen MR) is 64.9 cm³/mol. The molecule has 1 saturated carbocycles. The number of aromatic nitrogens is 1. The van der Waals surface area contributed by atoms with Gasteiger partial charge in [-0.05, 0) is 19.3 Å². The number of hydrogen-bond donors (Lipinski definition) is 3. The lowest BCUT2D eigenvalue weighted by molar-refractivity contribution is -0.385. The number of pyridine rings is 1. The highest BCUT2D eigenvalue weighted by molar-refractivity contribution is 5.94. The molecule has 8 nitrogen and oxygen atoms in total. The molecule has 1 aliphatic carbocycles. The SMILES string of the molecule is O=C(NC1(CO)CCC1)c1cc([N+](=O)[O-])c[nH]c1=O. The van der Waals surface area contributed by atoms with Gasteiger partial charge in [0.25, 0.3) is 17.2 Å². The van der Waals surface area contributed by atoms with Gasteiger partial charge in [-0.25, -0.2) is 0 Å². The van der Waals surface area contributed by atoms with E-state index in [1.54, 1.807) is 0 Å². The molecule has 1 aliphatic rings. The van der Waals surface area contributed by atoms with E-state index in [1.807, 2.05) is 0 Å². The van der Waals surface area contributed by atoms with Gasteiger partial charge in [-0.1, -0.05) is 0 Å². The highest BCUT2D eigenvalue weighted by atomic mass is 16.6. The number of carbonyl (C=O) groups excluding carboxylic acids is 1. The van der Waals surface area contributed by atoms with Gasteiger partial charge < -0.3 is 15.4 Å². The Kier molecular flexibility index (Phi) is 3.34. The van der Waals surface area contributed by atoms with Crippen LogP contribution in [0, 0.1) is 10.1 Å². The van der Waals surface area contributed by atoms with Crippen LogP contribution in [-0.4, -0.2) is 33.1 Å². The standard InChI is InChI=1S/C11H13N3O5/c15-6-11(2-1-3-11)13-10(17)8-4-7(14(18)19)5-12-9(8)16/h4-5,15H,1-3,6H2,(H,12,16)(H,13,17). The number of nitro groups is 1. The lowest BCUT2D eigenvalue weighted by Crippen LogP contribution is -2.56. The van der Waals surface area contributed by atoms with Crippen LogP contribution in [0.15, 0.2) is 17.1 Å². The first kappa shape index (κ1) is 13.2. The molecule has 0 aromatic carbocycles. The van der Waals surface area contributed by atoms with Gasteiger partial charge in [0.2, 0.25) is 0 Å². The van der Waals surface area contributed by atoms with Crippen LogP contribution >= 0.6 is 0 Å². The van der Waals surface area contributed by atoms with Crippen molar-refractivity contribution in [2.75, 3.05) is 6.61 Å². The van der Waals surface area contributed by atoms with Gasteiger partial charge >= 0.3 is 0 Å². The molecule has 2 rings (SSSR count). The smallest absolute Gasteiger partial charge is 0.286 e. The summed E-state index contributed by atoms with van der Waals surface area (Å²) in [6, 6.07) is 0.928. The van der Waals surface area contributed by atoms with Crippen LogP contribution < -0.4 is 10.9 Å². The maximum absolute atomic E-state index is 11.9. The lowest BCUT2D eigenvalue weighted by atomic mass is 9.77. The molecule has 0 saturated heterocycles. The Bertz CT molecular complexity index is 570. The van der Waals surface area contributed by atoms with Crippen LogP contribution in [-0.2, 0) is 0 Å². The Morgan fingerprint density at radius 3 is 2.74 bits per heavy atom. The predicted octanol–water partition coefficient (Wildman–Crippen LogP) is -0.0721. The van der Waals surface area contributed by atoms with Crippen molar-refractivity contribution in [2.24, 2.45) is 0 Å². The van der Waals surface area contributed by atoms with E-state index < -0.39 is 21.9 Å². The Balaban J connectivity index is 2.26. The zero-order chi connectivity index (χ0) is 14.0. The number of amides is 1. The van der Waals surface area contributed by atoms with E-state index in [9.17, 15) is 24.8 Å². The molecular weight excluding hydrogens is 254 g/mol. The Morgan fingerprint density at radius 1 is 1.58 bits per heavy atom. The highest BCUT2D eigenvalue weighted by Gasteiger charge is 2.38. The van der Waals surface area contributed by atoms with Gasteiger partial charge in [-0.2, -0.15) is 0 Å². The number of nitrogens with one attached hydrogen (secondary N) is 2. The third-order valence-corrected chi connectivity index (χ3v) is 3.34. The number of carbonyl (C=O) groups is 1. The second kappa shape index (κ2) is 4.81. The van der Waals surface area contributed by atoms with Crippen molar-refractivity contribution < 1.29 is 14.8 Å². The molecule has 3 N–H and O–H groups in total. The van der Waals surface area contributed by atoms with E-state index in [4.69, 9.17) is 0 Å². The molecule has 0 unspecified atom stereocenters. The number of aliphatic hydroxyl groups is 1. The van der Waals surface area contributed by atoms with Crippen molar-refractivity contribution in [3.05, 3.63) is 38.3 Å². The van der Waals surface area contributed by atoms with Gasteiger partial charge in [0, 0.05) is 6.07 Å². The maximum Gasteiger partial charge on any atom is 0.286 e. The molecule has 19 heavy (non-hydrogen) atoms. The topological polar surface area (TPSA) is 125 Å². The number of rotatable bonds is 4. The number of nitrogens with zero attached hydrogens (tertiary/aromatic N) is 1. The summed E-state index contributed by atoms with van der Waals surface area (Å²) in [7, 11) is 0. The number of aliphatic hydroxyl groups excluding tert-OH is 1. The van der Waals surface area contributed by atoms with E-state index >= 15 is 0 Å². The van der Waals surface area contributed by atoms with E-state index in [0.29, 0.717) is 12.8 Å². The van der Waals surface area contributed by atoms with Crippen LogP contribution in [0.3, 0.4) is 0 Å². The van der Waals surface area contributed by atoms with E-state index in [1.165, 1.54) is 0 Å². The quantitative estimate of drug-likeness (QED) is 0.520. The fourth-order valence-corrected chi connectivity index (χ4v) is 1.98. The Hall–Kier alpha value is -2.22. The van der Waals surface area contributed by atoms with Crippen LogP contribution in [0.2, 0.25) is 0 Å². The fraction of sp³-hybridized carbons (Fsp3) is 0.455. The minimum Gasteiger partial charge on any atom is -0.394 e. The zero-order valence-corrected chi connectivity index (χ0v) is 10.0. The third-order valence-electron chi connectivity index (χ3n) is 3.34. The van der Waals surface area contributed by atoms with Crippen molar-refractivity contribution in [3.8, 4) is 0 Å². The summed E-state index contributed by atoms with van der Waals surface area (Å²) < 4.78 is 0. The van der Waals surface area contributed by atoms with E-state index in [-0.39, 0.29) is 17.9 Å². The Labute approximate surface area is 107 Å². The summed E-state index contributed by atoms with van der Waals surface area (Å²) in [5.74, 6) is -0.710. The van der Waals surface area contributed by atoms with Gasteiger partial charge in [0.1, 0.15) is 5.56 Å². The average Bonchev–Trinajstić information content (AvgIpc) is 2.33. The summed E-state index contributed by atoms with van der Waals surface area (Å²) in [6.45, 7) is -0.217. The van der Waals surface area contributed by atoms with Gasteiger partial charge in [0.15, 0.2) is 0 Å². The van der Waals surface area contributed by atoms with Crippen molar-refractivity contribution >= 4 is 11.6 Å². The second-order valence-corrected chi connectivity index (χ2v) is 4.60. The highest BCUT2D eigenvalue weighted by Crippen LogP contribution is 2.31. The molecule has 1 fully saturated rings. The lowest BCUT2D eigenvalue weighted by Gasteiger charge is -2.40. The van der Waals surface area contributed by atoms with Gasteiger partial charge in [-0.3, -0.25) is 19.7 Å². The number of hydrogen-bond acceptors (Lipinski definition) is 5. The van der Waals surface area contributed by atoms with Crippen molar-refractivity contribution in [1.82, 2.24) is 10.3 Å². The van der Waals surface area contributed by atoms with Gasteiger partial charge in [-0.15, -0.1) is 0 Å². The monoisotopic (exact) mass is 267 g/mol. The first-order chi connectivity index (χ1) is 8.97. The molecule has 1 aromatic rings. The van der Waals surface area contributed by atoms with Crippen LogP contribution in [0.5, 0.6) is 0 Å². The largest absolute Gasteiger partial charge is 0.394 e. The normalized spacial score (nSPS) is 16.5. The molecule has 0 radical (unpaired) electrons. The molecule has 0 bridgehead atoms. The third kappa shape index (κ3) is 2.48. The average molecular weight is 267 g/mol. The fourth-order valence-electron chi connectivity index (χ4n) is 1.98. The summed E-state index contributed by atoms with van der Waals surface area (Å²) in [5, 5.41) is 22.4. The van der Waals surface area contributed by atoms with Crippen LogP contribution in [0.1, 0.15) is 29.6 Å². The van der Waals surface area contributed by atoms with Crippen molar-refractivity contribution in [3.63, 3.8) is 0 Å². The van der Waals surface area contributed by atoms with Crippen molar-refractivity contribution in [2.45, 2.75) is 24.8 Å². The molecule has 1 aromatic heterocycles. The molecule has 1 amide bonds. The molecule has 1 heterocycles. The minimum absolute atomic E-state index is 0.217. The van der Waals surface area contributed by atoms with E-state index in [0.717, 1.165) is 18.7 Å². The molecular formula is C11H13N3O5. The second-order valence-electron chi connectivity index (χ2n) is 4.60. The van der Waals surface area contributed by atoms with Crippen LogP contribution in [0.25, 0.3) is 0 Å². The molecule has 0 atom stereocenters. The molecule has 8 heteroatoms. The minimum atomic E-state index is -0.710. The molecule has 0 spiro atoms. The number of H-pyrrole nitrogens is 1. The molecule has 102 valence electrons. The molecule has 0 aliphatic heterocycles. The summed E-state index contributed by atoms with van der Waals surface area (Å²) in [4.78, 5) is 35.5.